The van der Waals surface area contributed by atoms with Crippen molar-refractivity contribution < 1.29 is 4.79 Å². The number of nitrogens with zero attached hydrogens (tertiary/aromatic N) is 3. The molecule has 0 aliphatic heterocycles. The monoisotopic (exact) mass is 135 g/mol. The highest BCUT2D eigenvalue weighted by atomic mass is 16.1. The van der Waals surface area contributed by atoms with Gasteiger partial charge >= 0.3 is 0 Å². The topological polar surface area (TPSA) is 39.2 Å². The molecule has 0 atom stereocenters. The van der Waals surface area contributed by atoms with E-state index in [1.54, 1.807) is 0 Å². The third-order valence-electron chi connectivity index (χ3n) is 1.01. The first-order valence-corrected chi connectivity index (χ1v) is 2.70. The zero-order valence-electron chi connectivity index (χ0n) is 5.19. The molecule has 0 aromatic carbocycles. The normalized spacial score (nSPS) is 8.70. The van der Waals surface area contributed by atoms with Gasteiger partial charge in [0, 0.05) is 6.20 Å². The highest BCUT2D eigenvalue weighted by Gasteiger charge is 1.93. The minimum Gasteiger partial charge on any atom is -0.301 e. The van der Waals surface area contributed by atoms with Crippen molar-refractivity contribution in [3.05, 3.63) is 23.8 Å². The molecule has 1 aromatic rings. The van der Waals surface area contributed by atoms with Crippen LogP contribution in [-0.2, 0) is 11.3 Å². The van der Waals surface area contributed by atoms with Gasteiger partial charge in [0.25, 0.3) is 0 Å². The van der Waals surface area contributed by atoms with Crippen molar-refractivity contribution in [2.45, 2.75) is 6.54 Å². The second-order valence-corrected chi connectivity index (χ2v) is 1.70. The summed E-state index contributed by atoms with van der Waals surface area (Å²) in [6.45, 7) is 6.79. The van der Waals surface area contributed by atoms with Crippen molar-refractivity contribution in [1.82, 2.24) is 9.78 Å². The Morgan fingerprint density at radius 3 is 3.20 bits per heavy atom. The Labute approximate surface area is 57.9 Å². The van der Waals surface area contributed by atoms with Crippen LogP contribution in [0.15, 0.2) is 12.4 Å². The maximum absolute atomic E-state index is 9.93. The van der Waals surface area contributed by atoms with E-state index >= 15 is 0 Å². The van der Waals surface area contributed by atoms with Crippen LogP contribution in [0.4, 0.5) is 5.69 Å². The number of rotatable bonds is 2. The first-order valence-electron chi connectivity index (χ1n) is 2.70. The highest BCUT2D eigenvalue weighted by Crippen LogP contribution is 2.07. The molecule has 1 aromatic heterocycles. The van der Waals surface area contributed by atoms with Gasteiger partial charge in [-0.1, -0.05) is 0 Å². The molecule has 0 bridgehead atoms. The van der Waals surface area contributed by atoms with Crippen LogP contribution >= 0.6 is 0 Å². The zero-order chi connectivity index (χ0) is 7.40. The third kappa shape index (κ3) is 1.20. The van der Waals surface area contributed by atoms with E-state index < -0.39 is 0 Å². The maximum atomic E-state index is 9.93. The summed E-state index contributed by atoms with van der Waals surface area (Å²) < 4.78 is 1.42. The van der Waals surface area contributed by atoms with Crippen molar-refractivity contribution in [1.29, 1.82) is 0 Å². The van der Waals surface area contributed by atoms with E-state index in [1.165, 1.54) is 17.1 Å². The molecule has 4 nitrogen and oxygen atoms in total. The number of carbonyl (C=O) groups is 1. The average molecular weight is 135 g/mol. The van der Waals surface area contributed by atoms with Crippen molar-refractivity contribution in [3.63, 3.8) is 0 Å². The Morgan fingerprint density at radius 2 is 2.70 bits per heavy atom. The first kappa shape index (κ1) is 6.49. The Kier molecular flexibility index (Phi) is 1.80. The zero-order valence-corrected chi connectivity index (χ0v) is 5.19. The fourth-order valence-electron chi connectivity index (χ4n) is 0.587. The molecule has 0 aliphatic rings. The van der Waals surface area contributed by atoms with Gasteiger partial charge in [-0.05, 0) is 0 Å². The number of aromatic nitrogens is 2. The van der Waals surface area contributed by atoms with Crippen LogP contribution < -0.4 is 0 Å². The van der Waals surface area contributed by atoms with Crippen molar-refractivity contribution in [2.75, 3.05) is 0 Å². The summed E-state index contributed by atoms with van der Waals surface area (Å²) in [4.78, 5) is 13.1. The number of carbonyl (C=O) groups excluding carboxylic acids is 1. The van der Waals surface area contributed by atoms with Gasteiger partial charge in [-0.15, -0.1) is 0 Å². The lowest BCUT2D eigenvalue weighted by molar-refractivity contribution is -0.108. The number of aldehydes is 1. The van der Waals surface area contributed by atoms with Crippen LogP contribution in [0.5, 0.6) is 0 Å². The molecule has 0 fully saturated rings. The molecule has 0 spiro atoms. The molecule has 0 saturated carbocycles. The van der Waals surface area contributed by atoms with Gasteiger partial charge in [-0.2, -0.15) is 5.10 Å². The SMILES string of the molecule is [C-]#[N+]c1cnn(CC=O)c1. The molecule has 0 amide bonds. The highest BCUT2D eigenvalue weighted by molar-refractivity contribution is 5.49. The predicted octanol–water partition coefficient (Wildman–Crippen LogP) is 0.633. The Morgan fingerprint density at radius 1 is 1.90 bits per heavy atom. The Hall–Kier alpha value is -1.63. The minimum absolute atomic E-state index is 0.218. The molecule has 0 saturated heterocycles. The summed E-state index contributed by atoms with van der Waals surface area (Å²) in [5.74, 6) is 0. The largest absolute Gasteiger partial charge is 0.301 e. The number of hydrogen-bond donors (Lipinski definition) is 0. The summed E-state index contributed by atoms with van der Waals surface area (Å²) in [6, 6.07) is 0. The summed E-state index contributed by atoms with van der Waals surface area (Å²) in [5.41, 5.74) is 0.460. The summed E-state index contributed by atoms with van der Waals surface area (Å²) in [6.07, 6.45) is 3.69. The lowest BCUT2D eigenvalue weighted by Crippen LogP contribution is -1.97. The standard InChI is InChI=1S/C6H5N3O/c1-7-6-4-8-9(5-6)2-3-10/h3-5H,2H2. The molecule has 0 aliphatic carbocycles. The molecule has 1 rings (SSSR count). The third-order valence-corrected chi connectivity index (χ3v) is 1.01. The molecular weight excluding hydrogens is 130 g/mol. The second kappa shape index (κ2) is 2.78. The van der Waals surface area contributed by atoms with E-state index in [2.05, 4.69) is 9.94 Å². The van der Waals surface area contributed by atoms with E-state index in [1.807, 2.05) is 0 Å². The van der Waals surface area contributed by atoms with E-state index in [0.29, 0.717) is 5.69 Å². The molecule has 0 N–H and O–H groups in total. The molecule has 50 valence electrons. The van der Waals surface area contributed by atoms with E-state index in [0.717, 1.165) is 6.29 Å². The van der Waals surface area contributed by atoms with Crippen LogP contribution in [0.3, 0.4) is 0 Å². The molecule has 0 unspecified atom stereocenters. The Balaban J connectivity index is 2.80. The second-order valence-electron chi connectivity index (χ2n) is 1.70. The number of hydrogen-bond acceptors (Lipinski definition) is 2. The van der Waals surface area contributed by atoms with Gasteiger partial charge in [-0.3, -0.25) is 4.68 Å². The van der Waals surface area contributed by atoms with Crippen molar-refractivity contribution in [3.8, 4) is 0 Å². The Bertz CT molecular complexity index is 271. The molecule has 0 radical (unpaired) electrons. The van der Waals surface area contributed by atoms with Gasteiger partial charge in [0.1, 0.15) is 6.29 Å². The van der Waals surface area contributed by atoms with Crippen molar-refractivity contribution >= 4 is 12.0 Å². The van der Waals surface area contributed by atoms with Crippen molar-refractivity contribution in [2.24, 2.45) is 0 Å². The molecule has 10 heavy (non-hydrogen) atoms. The van der Waals surface area contributed by atoms with Crippen LogP contribution in [-0.4, -0.2) is 16.1 Å². The fraction of sp³-hybridized carbons (Fsp3) is 0.167. The minimum atomic E-state index is 0.218. The van der Waals surface area contributed by atoms with Gasteiger partial charge in [0.05, 0.1) is 19.3 Å². The lowest BCUT2D eigenvalue weighted by Gasteiger charge is -1.88. The van der Waals surface area contributed by atoms with Gasteiger partial charge < -0.3 is 4.79 Å². The molecule has 1 heterocycles. The molecular formula is C6H5N3O. The van der Waals surface area contributed by atoms with E-state index in [4.69, 9.17) is 6.57 Å². The maximum Gasteiger partial charge on any atom is 0.224 e. The lowest BCUT2D eigenvalue weighted by atomic mass is 10.6. The molecule has 4 heteroatoms. The summed E-state index contributed by atoms with van der Waals surface area (Å²) >= 11 is 0. The fourth-order valence-corrected chi connectivity index (χ4v) is 0.587. The van der Waals surface area contributed by atoms with Gasteiger partial charge in [0.2, 0.25) is 5.69 Å². The predicted molar refractivity (Wildman–Crippen MR) is 34.6 cm³/mol. The smallest absolute Gasteiger partial charge is 0.224 e. The summed E-state index contributed by atoms with van der Waals surface area (Å²) in [5, 5.41) is 3.75. The van der Waals surface area contributed by atoms with Crippen LogP contribution in [0.1, 0.15) is 0 Å². The van der Waals surface area contributed by atoms with Crippen LogP contribution in [0.2, 0.25) is 0 Å². The van der Waals surface area contributed by atoms with E-state index in [9.17, 15) is 4.79 Å². The van der Waals surface area contributed by atoms with E-state index in [-0.39, 0.29) is 6.54 Å². The summed E-state index contributed by atoms with van der Waals surface area (Å²) in [7, 11) is 0. The quantitative estimate of drug-likeness (QED) is 0.440. The average Bonchev–Trinajstić information content (AvgIpc) is 2.37. The van der Waals surface area contributed by atoms with Gasteiger partial charge in [0.15, 0.2) is 0 Å². The first-order chi connectivity index (χ1) is 4.86. The van der Waals surface area contributed by atoms with Gasteiger partial charge in [-0.25, -0.2) is 4.85 Å². The van der Waals surface area contributed by atoms with Crippen LogP contribution in [0.25, 0.3) is 4.85 Å². The van der Waals surface area contributed by atoms with Crippen LogP contribution in [0, 0.1) is 6.57 Å².